The van der Waals surface area contributed by atoms with Crippen LogP contribution in [0.2, 0.25) is 0 Å². The van der Waals surface area contributed by atoms with E-state index in [0.717, 1.165) is 36.3 Å². The summed E-state index contributed by atoms with van der Waals surface area (Å²) >= 11 is 0. The molecule has 1 aliphatic rings. The minimum Gasteiger partial charge on any atom is -0.307 e. The molecule has 0 fully saturated rings. The number of nitrogens with one attached hydrogen (secondary N) is 1. The molecule has 0 saturated heterocycles. The Morgan fingerprint density at radius 3 is 3.06 bits per heavy atom. The first-order valence-electron chi connectivity index (χ1n) is 5.63. The van der Waals surface area contributed by atoms with Gasteiger partial charge in [0.1, 0.15) is 5.69 Å². The first kappa shape index (κ1) is 10.2. The monoisotopic (exact) mass is 227 g/mol. The molecule has 17 heavy (non-hydrogen) atoms. The Kier molecular flexibility index (Phi) is 2.30. The van der Waals surface area contributed by atoms with Gasteiger partial charge in [-0.15, -0.1) is 0 Å². The smallest absolute Gasteiger partial charge is 0.170 e. The van der Waals surface area contributed by atoms with Crippen LogP contribution in [0.25, 0.3) is 5.69 Å². The van der Waals surface area contributed by atoms with Crippen LogP contribution in [0.4, 0.5) is 0 Å². The highest BCUT2D eigenvalue weighted by atomic mass is 16.1. The zero-order valence-corrected chi connectivity index (χ0v) is 9.60. The quantitative estimate of drug-likeness (QED) is 0.793. The van der Waals surface area contributed by atoms with Gasteiger partial charge in [0.05, 0.1) is 11.4 Å². The summed E-state index contributed by atoms with van der Waals surface area (Å²) in [7, 11) is 0. The third kappa shape index (κ3) is 1.57. The molecule has 0 radical (unpaired) electrons. The van der Waals surface area contributed by atoms with E-state index in [-0.39, 0.29) is 0 Å². The molecule has 1 aromatic heterocycles. The number of aldehydes is 1. The summed E-state index contributed by atoms with van der Waals surface area (Å²) in [5, 5.41) is 7.62. The molecule has 1 N–H and O–H groups in total. The molecule has 0 spiro atoms. The van der Waals surface area contributed by atoms with Gasteiger partial charge in [0.15, 0.2) is 6.29 Å². The van der Waals surface area contributed by atoms with Crippen LogP contribution >= 0.6 is 0 Å². The van der Waals surface area contributed by atoms with Crippen LogP contribution in [-0.4, -0.2) is 16.1 Å². The van der Waals surface area contributed by atoms with Crippen molar-refractivity contribution in [3.8, 4) is 5.69 Å². The molecule has 0 bridgehead atoms. The molecule has 86 valence electrons. The van der Waals surface area contributed by atoms with Crippen LogP contribution in [0.3, 0.4) is 0 Å². The number of aryl methyl sites for hydroxylation is 1. The lowest BCUT2D eigenvalue weighted by Crippen LogP contribution is -2.08. The normalized spacial score (nSPS) is 13.7. The average molecular weight is 227 g/mol. The maximum absolute atomic E-state index is 11.0. The van der Waals surface area contributed by atoms with Crippen molar-refractivity contribution in [2.45, 2.75) is 20.0 Å². The van der Waals surface area contributed by atoms with E-state index in [0.29, 0.717) is 5.69 Å². The molecule has 3 rings (SSSR count). The second-order valence-corrected chi connectivity index (χ2v) is 4.28. The molecule has 0 saturated carbocycles. The van der Waals surface area contributed by atoms with Crippen LogP contribution in [0.5, 0.6) is 0 Å². The molecule has 4 heteroatoms. The van der Waals surface area contributed by atoms with Crippen molar-refractivity contribution < 1.29 is 4.79 Å². The third-order valence-electron chi connectivity index (χ3n) is 3.07. The van der Waals surface area contributed by atoms with Crippen molar-refractivity contribution in [1.29, 1.82) is 0 Å². The zero-order valence-electron chi connectivity index (χ0n) is 9.60. The zero-order chi connectivity index (χ0) is 11.8. The highest BCUT2D eigenvalue weighted by molar-refractivity contribution is 5.75. The second kappa shape index (κ2) is 3.82. The van der Waals surface area contributed by atoms with E-state index in [2.05, 4.69) is 16.5 Å². The van der Waals surface area contributed by atoms with Crippen molar-refractivity contribution in [3.63, 3.8) is 0 Å². The Balaban J connectivity index is 2.18. The van der Waals surface area contributed by atoms with Gasteiger partial charge in [-0.25, -0.2) is 4.68 Å². The highest BCUT2D eigenvalue weighted by Crippen LogP contribution is 2.22. The van der Waals surface area contributed by atoms with Crippen molar-refractivity contribution in [2.24, 2.45) is 0 Å². The summed E-state index contributed by atoms with van der Waals surface area (Å²) < 4.78 is 1.87. The highest BCUT2D eigenvalue weighted by Gasteiger charge is 2.22. The molecule has 0 atom stereocenters. The fourth-order valence-corrected chi connectivity index (χ4v) is 2.25. The van der Waals surface area contributed by atoms with Crippen molar-refractivity contribution >= 4 is 6.29 Å². The maximum atomic E-state index is 11.0. The molecular weight excluding hydrogens is 214 g/mol. The van der Waals surface area contributed by atoms with Gasteiger partial charge < -0.3 is 5.32 Å². The number of nitrogens with zero attached hydrogens (tertiary/aromatic N) is 2. The summed E-state index contributed by atoms with van der Waals surface area (Å²) in [6.45, 7) is 3.55. The van der Waals surface area contributed by atoms with Crippen molar-refractivity contribution in [3.05, 3.63) is 46.8 Å². The standard InChI is InChI=1S/C13H13N3O/c1-9-3-2-4-10(5-9)16-13-7-14-6-11(13)12(8-17)15-16/h2-5,8,14H,6-7H2,1H3. The number of hydrogen-bond donors (Lipinski definition) is 1. The van der Waals surface area contributed by atoms with Crippen molar-refractivity contribution in [1.82, 2.24) is 15.1 Å². The average Bonchev–Trinajstić information content (AvgIpc) is 2.89. The third-order valence-corrected chi connectivity index (χ3v) is 3.07. The molecule has 1 aromatic carbocycles. The van der Waals surface area contributed by atoms with Gasteiger partial charge in [0.25, 0.3) is 0 Å². The summed E-state index contributed by atoms with van der Waals surface area (Å²) in [4.78, 5) is 11.0. The molecule has 1 aliphatic heterocycles. The lowest BCUT2D eigenvalue weighted by Gasteiger charge is -2.05. The van der Waals surface area contributed by atoms with Gasteiger partial charge in [-0.2, -0.15) is 5.10 Å². The van der Waals surface area contributed by atoms with Crippen LogP contribution in [0.15, 0.2) is 24.3 Å². The fraction of sp³-hybridized carbons (Fsp3) is 0.231. The summed E-state index contributed by atoms with van der Waals surface area (Å²) in [5.41, 5.74) is 4.87. The molecule has 0 unspecified atom stereocenters. The molecule has 0 aliphatic carbocycles. The number of hydrogen-bond acceptors (Lipinski definition) is 3. The fourth-order valence-electron chi connectivity index (χ4n) is 2.25. The van der Waals surface area contributed by atoms with E-state index in [4.69, 9.17) is 0 Å². The number of carbonyl (C=O) groups is 1. The van der Waals surface area contributed by atoms with Crippen LogP contribution < -0.4 is 5.32 Å². The van der Waals surface area contributed by atoms with Crippen LogP contribution in [0.1, 0.15) is 27.3 Å². The Morgan fingerprint density at radius 2 is 2.29 bits per heavy atom. The SMILES string of the molecule is Cc1cccc(-n2nc(C=O)c3c2CNC3)c1. The molecule has 2 heterocycles. The topological polar surface area (TPSA) is 46.9 Å². The summed E-state index contributed by atoms with van der Waals surface area (Å²) in [5.74, 6) is 0. The summed E-state index contributed by atoms with van der Waals surface area (Å²) in [6.07, 6.45) is 0.831. The number of benzene rings is 1. The number of rotatable bonds is 2. The van der Waals surface area contributed by atoms with E-state index in [1.54, 1.807) is 0 Å². The molecular formula is C13H13N3O. The number of fused-ring (bicyclic) bond motifs is 1. The second-order valence-electron chi connectivity index (χ2n) is 4.28. The molecule has 2 aromatic rings. The van der Waals surface area contributed by atoms with Gasteiger partial charge >= 0.3 is 0 Å². The minimum atomic E-state index is 0.548. The van der Waals surface area contributed by atoms with Crippen LogP contribution in [0, 0.1) is 6.92 Å². The lowest BCUT2D eigenvalue weighted by atomic mass is 10.2. The van der Waals surface area contributed by atoms with E-state index in [1.165, 1.54) is 5.56 Å². The predicted molar refractivity (Wildman–Crippen MR) is 64.2 cm³/mol. The van der Waals surface area contributed by atoms with Gasteiger partial charge in [0.2, 0.25) is 0 Å². The number of aromatic nitrogens is 2. The van der Waals surface area contributed by atoms with Gasteiger partial charge in [-0.05, 0) is 24.6 Å². The van der Waals surface area contributed by atoms with E-state index in [1.807, 2.05) is 29.8 Å². The van der Waals surface area contributed by atoms with Gasteiger partial charge in [-0.1, -0.05) is 12.1 Å². The Bertz CT molecular complexity index is 586. The van der Waals surface area contributed by atoms with Gasteiger partial charge in [-0.3, -0.25) is 4.79 Å². The van der Waals surface area contributed by atoms with Gasteiger partial charge in [0, 0.05) is 18.7 Å². The predicted octanol–water partition coefficient (Wildman–Crippen LogP) is 1.60. The first-order valence-corrected chi connectivity index (χ1v) is 5.63. The summed E-state index contributed by atoms with van der Waals surface area (Å²) in [6, 6.07) is 8.13. The Hall–Kier alpha value is -1.94. The van der Waals surface area contributed by atoms with Crippen LogP contribution in [-0.2, 0) is 13.1 Å². The largest absolute Gasteiger partial charge is 0.307 e. The number of carbonyl (C=O) groups excluding carboxylic acids is 1. The van der Waals surface area contributed by atoms with E-state index in [9.17, 15) is 4.79 Å². The van der Waals surface area contributed by atoms with E-state index < -0.39 is 0 Å². The minimum absolute atomic E-state index is 0.548. The Morgan fingerprint density at radius 1 is 1.41 bits per heavy atom. The molecule has 4 nitrogen and oxygen atoms in total. The Labute approximate surface area is 99.3 Å². The first-order chi connectivity index (χ1) is 8.29. The maximum Gasteiger partial charge on any atom is 0.170 e. The van der Waals surface area contributed by atoms with Crippen molar-refractivity contribution in [2.75, 3.05) is 0 Å². The lowest BCUT2D eigenvalue weighted by molar-refractivity contribution is 0.111. The molecule has 0 amide bonds. The van der Waals surface area contributed by atoms with E-state index >= 15 is 0 Å².